The van der Waals surface area contributed by atoms with E-state index in [4.69, 9.17) is 4.74 Å². The minimum absolute atomic E-state index is 0.0451. The summed E-state index contributed by atoms with van der Waals surface area (Å²) in [5, 5.41) is 0. The monoisotopic (exact) mass is 228 g/mol. The van der Waals surface area contributed by atoms with E-state index in [-0.39, 0.29) is 5.60 Å². The van der Waals surface area contributed by atoms with E-state index in [1.165, 1.54) is 12.8 Å². The van der Waals surface area contributed by atoms with Crippen molar-refractivity contribution in [2.24, 2.45) is 10.8 Å². The van der Waals surface area contributed by atoms with Crippen molar-refractivity contribution in [1.29, 1.82) is 0 Å². The second kappa shape index (κ2) is 5.53. The van der Waals surface area contributed by atoms with E-state index in [0.29, 0.717) is 10.8 Å². The fraction of sp³-hybridized carbons (Fsp3) is 1.00. The van der Waals surface area contributed by atoms with Gasteiger partial charge >= 0.3 is 0 Å². The summed E-state index contributed by atoms with van der Waals surface area (Å²) < 4.78 is 5.73. The molecular formula is C15H32O. The van der Waals surface area contributed by atoms with Crippen LogP contribution >= 0.6 is 0 Å². The van der Waals surface area contributed by atoms with Gasteiger partial charge in [-0.3, -0.25) is 0 Å². The summed E-state index contributed by atoms with van der Waals surface area (Å²) in [7, 11) is 1.85. The maximum absolute atomic E-state index is 5.73. The van der Waals surface area contributed by atoms with Crippen LogP contribution in [0.1, 0.15) is 74.1 Å². The zero-order valence-electron chi connectivity index (χ0n) is 12.7. The van der Waals surface area contributed by atoms with E-state index < -0.39 is 0 Å². The van der Waals surface area contributed by atoms with Gasteiger partial charge in [0.05, 0.1) is 5.60 Å². The van der Waals surface area contributed by atoms with Crippen LogP contribution in [0.5, 0.6) is 0 Å². The van der Waals surface area contributed by atoms with Crippen molar-refractivity contribution < 1.29 is 4.74 Å². The third kappa shape index (κ3) is 8.15. The molecule has 0 aromatic rings. The standard InChI is InChI=1S/C15H32O/c1-13(2,3)10-9-11-15(7,16-8)12-14(4,5)6/h9-12H2,1-8H3. The molecule has 0 aliphatic carbocycles. The molecule has 0 saturated heterocycles. The van der Waals surface area contributed by atoms with Crippen molar-refractivity contribution in [2.75, 3.05) is 7.11 Å². The topological polar surface area (TPSA) is 9.23 Å². The predicted molar refractivity (Wildman–Crippen MR) is 72.8 cm³/mol. The Bertz CT molecular complexity index is 194. The second-order valence-electron chi connectivity index (χ2n) is 7.81. The van der Waals surface area contributed by atoms with Crippen LogP contribution in [0.3, 0.4) is 0 Å². The van der Waals surface area contributed by atoms with Crippen LogP contribution in [0.4, 0.5) is 0 Å². The van der Waals surface area contributed by atoms with Gasteiger partial charge in [0.2, 0.25) is 0 Å². The molecule has 0 aliphatic heterocycles. The van der Waals surface area contributed by atoms with Crippen molar-refractivity contribution in [3.63, 3.8) is 0 Å². The quantitative estimate of drug-likeness (QED) is 0.640. The lowest BCUT2D eigenvalue weighted by atomic mass is 9.79. The van der Waals surface area contributed by atoms with Gasteiger partial charge in [0.1, 0.15) is 0 Å². The van der Waals surface area contributed by atoms with E-state index in [1.807, 2.05) is 7.11 Å². The number of hydrogen-bond acceptors (Lipinski definition) is 1. The Labute approximate surface area is 103 Å². The smallest absolute Gasteiger partial charge is 0.0655 e. The molecular weight excluding hydrogens is 196 g/mol. The van der Waals surface area contributed by atoms with Crippen molar-refractivity contribution in [1.82, 2.24) is 0 Å². The Hall–Kier alpha value is -0.0400. The van der Waals surface area contributed by atoms with E-state index in [0.717, 1.165) is 12.8 Å². The molecule has 0 amide bonds. The van der Waals surface area contributed by atoms with E-state index in [2.05, 4.69) is 48.5 Å². The summed E-state index contributed by atoms with van der Waals surface area (Å²) in [5.74, 6) is 0. The summed E-state index contributed by atoms with van der Waals surface area (Å²) in [4.78, 5) is 0. The molecule has 0 radical (unpaired) electrons. The molecule has 0 aromatic carbocycles. The first kappa shape index (κ1) is 16.0. The second-order valence-corrected chi connectivity index (χ2v) is 7.81. The van der Waals surface area contributed by atoms with Gasteiger partial charge in [0, 0.05) is 7.11 Å². The highest BCUT2D eigenvalue weighted by Gasteiger charge is 2.29. The van der Waals surface area contributed by atoms with E-state index in [9.17, 15) is 0 Å². The number of methoxy groups -OCH3 is 1. The first-order valence-electron chi connectivity index (χ1n) is 6.53. The molecule has 0 aromatic heterocycles. The maximum atomic E-state index is 5.73. The lowest BCUT2D eigenvalue weighted by molar-refractivity contribution is -0.0341. The Kier molecular flexibility index (Phi) is 5.52. The molecule has 1 nitrogen and oxygen atoms in total. The van der Waals surface area contributed by atoms with Gasteiger partial charge in [-0.15, -0.1) is 0 Å². The molecule has 0 spiro atoms. The summed E-state index contributed by atoms with van der Waals surface area (Å²) in [6.07, 6.45) is 4.82. The number of ether oxygens (including phenoxy) is 1. The van der Waals surface area contributed by atoms with Crippen LogP contribution in [-0.2, 0) is 4.74 Å². The van der Waals surface area contributed by atoms with E-state index >= 15 is 0 Å². The van der Waals surface area contributed by atoms with Crippen LogP contribution < -0.4 is 0 Å². The van der Waals surface area contributed by atoms with Crippen LogP contribution in [0.2, 0.25) is 0 Å². The van der Waals surface area contributed by atoms with Crippen molar-refractivity contribution >= 4 is 0 Å². The molecule has 0 fully saturated rings. The highest BCUT2D eigenvalue weighted by atomic mass is 16.5. The summed E-state index contributed by atoms with van der Waals surface area (Å²) >= 11 is 0. The lowest BCUT2D eigenvalue weighted by Crippen LogP contribution is -2.32. The Balaban J connectivity index is 4.18. The van der Waals surface area contributed by atoms with Gasteiger partial charge < -0.3 is 4.74 Å². The first-order chi connectivity index (χ1) is 6.97. The third-order valence-electron chi connectivity index (χ3n) is 3.03. The molecule has 16 heavy (non-hydrogen) atoms. The highest BCUT2D eigenvalue weighted by Crippen LogP contribution is 2.34. The van der Waals surface area contributed by atoms with Gasteiger partial charge in [-0.1, -0.05) is 48.0 Å². The molecule has 1 heteroatoms. The summed E-state index contributed by atoms with van der Waals surface area (Å²) in [6.45, 7) is 16.0. The predicted octanol–water partition coefficient (Wildman–Crippen LogP) is 5.04. The zero-order chi connectivity index (χ0) is 13.0. The van der Waals surface area contributed by atoms with Crippen LogP contribution in [0.15, 0.2) is 0 Å². The fourth-order valence-corrected chi connectivity index (χ4v) is 2.38. The summed E-state index contributed by atoms with van der Waals surface area (Å²) in [5.41, 5.74) is 0.826. The average molecular weight is 228 g/mol. The fourth-order valence-electron chi connectivity index (χ4n) is 2.38. The van der Waals surface area contributed by atoms with Gasteiger partial charge in [-0.2, -0.15) is 0 Å². The molecule has 0 bridgehead atoms. The molecule has 0 saturated carbocycles. The molecule has 0 aliphatic rings. The van der Waals surface area contributed by atoms with Gasteiger partial charge in [0.15, 0.2) is 0 Å². The van der Waals surface area contributed by atoms with Crippen LogP contribution in [0, 0.1) is 10.8 Å². The highest BCUT2D eigenvalue weighted by molar-refractivity contribution is 4.81. The van der Waals surface area contributed by atoms with Crippen molar-refractivity contribution in [3.05, 3.63) is 0 Å². The van der Waals surface area contributed by atoms with Gasteiger partial charge in [0.25, 0.3) is 0 Å². The third-order valence-corrected chi connectivity index (χ3v) is 3.03. The molecule has 0 rings (SSSR count). The first-order valence-corrected chi connectivity index (χ1v) is 6.53. The van der Waals surface area contributed by atoms with Crippen LogP contribution in [0.25, 0.3) is 0 Å². The van der Waals surface area contributed by atoms with Crippen molar-refractivity contribution in [2.45, 2.75) is 79.8 Å². The number of hydrogen-bond donors (Lipinski definition) is 0. The zero-order valence-corrected chi connectivity index (χ0v) is 12.7. The molecule has 98 valence electrons. The van der Waals surface area contributed by atoms with Gasteiger partial charge in [-0.05, 0) is 37.0 Å². The SMILES string of the molecule is COC(C)(CCCC(C)(C)C)CC(C)(C)C. The molecule has 0 N–H and O–H groups in total. The number of rotatable bonds is 5. The van der Waals surface area contributed by atoms with Gasteiger partial charge in [-0.25, -0.2) is 0 Å². The Morgan fingerprint density at radius 1 is 0.750 bits per heavy atom. The molecule has 0 heterocycles. The minimum atomic E-state index is 0.0451. The van der Waals surface area contributed by atoms with Crippen LogP contribution in [-0.4, -0.2) is 12.7 Å². The van der Waals surface area contributed by atoms with Crippen molar-refractivity contribution in [3.8, 4) is 0 Å². The summed E-state index contributed by atoms with van der Waals surface area (Å²) in [6, 6.07) is 0. The molecule has 1 atom stereocenters. The maximum Gasteiger partial charge on any atom is 0.0655 e. The molecule has 1 unspecified atom stereocenters. The normalized spacial score (nSPS) is 17.2. The lowest BCUT2D eigenvalue weighted by Gasteiger charge is -2.35. The average Bonchev–Trinajstić information content (AvgIpc) is 1.98. The Morgan fingerprint density at radius 3 is 1.56 bits per heavy atom. The largest absolute Gasteiger partial charge is 0.379 e. The van der Waals surface area contributed by atoms with E-state index in [1.54, 1.807) is 0 Å². The Morgan fingerprint density at radius 2 is 1.25 bits per heavy atom. The minimum Gasteiger partial charge on any atom is -0.379 e.